The number of anilines is 1. The van der Waals surface area contributed by atoms with Crippen LogP contribution in [-0.2, 0) is 0 Å². The Morgan fingerprint density at radius 1 is 1.15 bits per heavy atom. The smallest absolute Gasteiger partial charge is 0.138 e. The van der Waals surface area contributed by atoms with Crippen LogP contribution in [0.5, 0.6) is 5.75 Å². The number of imidazole rings is 1. The van der Waals surface area contributed by atoms with Gasteiger partial charge in [-0.15, -0.1) is 0 Å². The van der Waals surface area contributed by atoms with E-state index in [1.165, 1.54) is 0 Å². The maximum Gasteiger partial charge on any atom is 0.138 e. The number of halogens is 2. The maximum absolute atomic E-state index is 5.91. The molecule has 0 radical (unpaired) electrons. The minimum atomic E-state index is 0.680. The van der Waals surface area contributed by atoms with Gasteiger partial charge in [0, 0.05) is 26.3 Å². The molecule has 0 fully saturated rings. The number of hydrogen-bond donors (Lipinski definition) is 2. The Balaban J connectivity index is 2.17. The zero-order valence-corrected chi connectivity index (χ0v) is 13.7. The molecular formula is C14H11Br2N3O. The number of nitrogens with zero attached hydrogens (tertiary/aromatic N) is 1. The van der Waals surface area contributed by atoms with Gasteiger partial charge in [0.05, 0.1) is 12.6 Å². The van der Waals surface area contributed by atoms with Crippen molar-refractivity contribution < 1.29 is 4.74 Å². The molecule has 1 heterocycles. The zero-order chi connectivity index (χ0) is 14.3. The van der Waals surface area contributed by atoms with Crippen LogP contribution in [0.25, 0.3) is 22.4 Å². The fraction of sp³-hybridized carbons (Fsp3) is 0.0714. The van der Waals surface area contributed by atoms with Crippen LogP contribution in [0, 0.1) is 0 Å². The number of rotatable bonds is 2. The van der Waals surface area contributed by atoms with Crippen LogP contribution in [-0.4, -0.2) is 17.1 Å². The molecule has 4 nitrogen and oxygen atoms in total. The second-order valence-corrected chi connectivity index (χ2v) is 6.04. The standard InChI is InChI=1S/C14H11Br2N3O/c1-20-8-5-10(16)13-12(6-8)18-14(19-13)7-2-3-9(15)11(17)4-7/h2-6H,17H2,1H3,(H,18,19). The van der Waals surface area contributed by atoms with Crippen LogP contribution in [0.2, 0.25) is 0 Å². The van der Waals surface area contributed by atoms with E-state index in [1.54, 1.807) is 7.11 Å². The first kappa shape index (κ1) is 13.5. The van der Waals surface area contributed by atoms with Crippen molar-refractivity contribution in [2.45, 2.75) is 0 Å². The third-order valence-electron chi connectivity index (χ3n) is 3.02. The van der Waals surface area contributed by atoms with Gasteiger partial charge in [-0.3, -0.25) is 0 Å². The Kier molecular flexibility index (Phi) is 3.43. The monoisotopic (exact) mass is 395 g/mol. The van der Waals surface area contributed by atoms with Crippen LogP contribution in [0.15, 0.2) is 39.3 Å². The molecule has 0 spiro atoms. The van der Waals surface area contributed by atoms with E-state index < -0.39 is 0 Å². The van der Waals surface area contributed by atoms with Gasteiger partial charge in [0.15, 0.2) is 0 Å². The lowest BCUT2D eigenvalue weighted by molar-refractivity contribution is 0.415. The van der Waals surface area contributed by atoms with Crippen molar-refractivity contribution in [2.75, 3.05) is 12.8 Å². The number of aromatic nitrogens is 2. The number of methoxy groups -OCH3 is 1. The second kappa shape index (κ2) is 5.10. The van der Waals surface area contributed by atoms with Gasteiger partial charge >= 0.3 is 0 Å². The Morgan fingerprint density at radius 3 is 2.65 bits per heavy atom. The lowest BCUT2D eigenvalue weighted by Gasteiger charge is -2.00. The molecule has 0 saturated heterocycles. The summed E-state index contributed by atoms with van der Waals surface area (Å²) in [5.74, 6) is 1.54. The van der Waals surface area contributed by atoms with Crippen molar-refractivity contribution in [3.63, 3.8) is 0 Å². The van der Waals surface area contributed by atoms with E-state index in [2.05, 4.69) is 41.8 Å². The summed E-state index contributed by atoms with van der Waals surface area (Å²) in [5, 5.41) is 0. The predicted molar refractivity (Wildman–Crippen MR) is 87.9 cm³/mol. The molecule has 0 aliphatic carbocycles. The Hall–Kier alpha value is -1.53. The van der Waals surface area contributed by atoms with E-state index in [0.717, 1.165) is 37.1 Å². The van der Waals surface area contributed by atoms with Crippen molar-refractivity contribution in [1.82, 2.24) is 9.97 Å². The van der Waals surface area contributed by atoms with Crippen LogP contribution in [0.3, 0.4) is 0 Å². The summed E-state index contributed by atoms with van der Waals surface area (Å²) in [7, 11) is 1.64. The topological polar surface area (TPSA) is 63.9 Å². The molecule has 6 heteroatoms. The van der Waals surface area contributed by atoms with E-state index in [1.807, 2.05) is 30.3 Å². The molecule has 3 aromatic rings. The molecule has 0 unspecified atom stereocenters. The Bertz CT molecular complexity index is 798. The molecule has 0 bridgehead atoms. The quantitative estimate of drug-likeness (QED) is 0.633. The minimum Gasteiger partial charge on any atom is -0.497 e. The normalized spacial score (nSPS) is 10.9. The van der Waals surface area contributed by atoms with Crippen LogP contribution in [0.4, 0.5) is 5.69 Å². The van der Waals surface area contributed by atoms with Crippen LogP contribution in [0.1, 0.15) is 0 Å². The summed E-state index contributed by atoms with van der Waals surface area (Å²) in [6.07, 6.45) is 0. The van der Waals surface area contributed by atoms with Crippen molar-refractivity contribution in [1.29, 1.82) is 0 Å². The molecule has 20 heavy (non-hydrogen) atoms. The second-order valence-electron chi connectivity index (χ2n) is 4.33. The van der Waals surface area contributed by atoms with Gasteiger partial charge in [-0.05, 0) is 56.1 Å². The van der Waals surface area contributed by atoms with Gasteiger partial charge in [0.25, 0.3) is 0 Å². The average Bonchev–Trinajstić information content (AvgIpc) is 2.86. The molecule has 1 aromatic heterocycles. The van der Waals surface area contributed by atoms with Crippen molar-refractivity contribution in [3.05, 3.63) is 39.3 Å². The maximum atomic E-state index is 5.91. The van der Waals surface area contributed by atoms with E-state index >= 15 is 0 Å². The van der Waals surface area contributed by atoms with Crippen molar-refractivity contribution >= 4 is 48.6 Å². The van der Waals surface area contributed by atoms with Gasteiger partial charge in [0.1, 0.15) is 17.1 Å². The summed E-state index contributed by atoms with van der Waals surface area (Å²) < 4.78 is 7.01. The first-order valence-corrected chi connectivity index (χ1v) is 7.45. The fourth-order valence-electron chi connectivity index (χ4n) is 2.00. The highest BCUT2D eigenvalue weighted by molar-refractivity contribution is 9.11. The van der Waals surface area contributed by atoms with E-state index in [-0.39, 0.29) is 0 Å². The summed E-state index contributed by atoms with van der Waals surface area (Å²) >= 11 is 6.89. The number of ether oxygens (including phenoxy) is 1. The number of benzene rings is 2. The number of nitrogens with one attached hydrogen (secondary N) is 1. The van der Waals surface area contributed by atoms with E-state index in [0.29, 0.717) is 5.69 Å². The summed E-state index contributed by atoms with van der Waals surface area (Å²) in [6, 6.07) is 9.56. The Morgan fingerprint density at radius 2 is 1.95 bits per heavy atom. The molecule has 3 rings (SSSR count). The largest absolute Gasteiger partial charge is 0.497 e. The van der Waals surface area contributed by atoms with E-state index in [4.69, 9.17) is 10.5 Å². The van der Waals surface area contributed by atoms with Crippen molar-refractivity contribution in [3.8, 4) is 17.1 Å². The average molecular weight is 397 g/mol. The van der Waals surface area contributed by atoms with Gasteiger partial charge in [-0.1, -0.05) is 0 Å². The molecule has 0 atom stereocenters. The number of hydrogen-bond acceptors (Lipinski definition) is 3. The molecule has 0 saturated carbocycles. The van der Waals surface area contributed by atoms with Gasteiger partial charge in [-0.2, -0.15) is 0 Å². The number of nitrogens with two attached hydrogens (primary N) is 1. The Labute approximate surface area is 132 Å². The number of fused-ring (bicyclic) bond motifs is 1. The zero-order valence-electron chi connectivity index (χ0n) is 10.6. The number of H-pyrrole nitrogens is 1. The van der Waals surface area contributed by atoms with Gasteiger partial charge < -0.3 is 15.5 Å². The molecule has 0 aliphatic rings. The first-order chi connectivity index (χ1) is 9.58. The highest BCUT2D eigenvalue weighted by Gasteiger charge is 2.10. The first-order valence-electron chi connectivity index (χ1n) is 5.87. The molecular weight excluding hydrogens is 386 g/mol. The minimum absolute atomic E-state index is 0.680. The lowest BCUT2D eigenvalue weighted by atomic mass is 10.2. The van der Waals surface area contributed by atoms with Gasteiger partial charge in [-0.25, -0.2) is 4.98 Å². The molecule has 0 aliphatic heterocycles. The van der Waals surface area contributed by atoms with Crippen LogP contribution >= 0.6 is 31.9 Å². The summed E-state index contributed by atoms with van der Waals surface area (Å²) in [6.45, 7) is 0. The number of nitrogen functional groups attached to an aromatic ring is 1. The highest BCUT2D eigenvalue weighted by Crippen LogP contribution is 2.31. The third-order valence-corrected chi connectivity index (χ3v) is 4.35. The predicted octanol–water partition coefficient (Wildman–Crippen LogP) is 4.35. The SMILES string of the molecule is COc1cc(Br)c2nc(-c3ccc(Br)c(N)c3)[nH]c2c1. The van der Waals surface area contributed by atoms with Crippen LogP contribution < -0.4 is 10.5 Å². The lowest BCUT2D eigenvalue weighted by Crippen LogP contribution is -1.88. The van der Waals surface area contributed by atoms with Crippen molar-refractivity contribution in [2.24, 2.45) is 0 Å². The molecule has 3 N–H and O–H groups in total. The van der Waals surface area contributed by atoms with E-state index in [9.17, 15) is 0 Å². The fourth-order valence-corrected chi connectivity index (χ4v) is 2.77. The molecule has 0 amide bonds. The molecule has 2 aromatic carbocycles. The summed E-state index contributed by atoms with van der Waals surface area (Å²) in [5.41, 5.74) is 9.30. The molecule has 102 valence electrons. The highest BCUT2D eigenvalue weighted by atomic mass is 79.9. The third kappa shape index (κ3) is 2.29. The number of aromatic amines is 1. The summed E-state index contributed by atoms with van der Waals surface area (Å²) in [4.78, 5) is 7.88. The van der Waals surface area contributed by atoms with Gasteiger partial charge in [0.2, 0.25) is 0 Å².